The Morgan fingerprint density at radius 2 is 2.04 bits per heavy atom. The second-order valence-electron chi connectivity index (χ2n) is 6.35. The fourth-order valence-corrected chi connectivity index (χ4v) is 3.64. The lowest BCUT2D eigenvalue weighted by molar-refractivity contribution is 0.0949. The summed E-state index contributed by atoms with van der Waals surface area (Å²) in [6.07, 6.45) is 0. The van der Waals surface area contributed by atoms with Crippen molar-refractivity contribution in [1.82, 2.24) is 15.0 Å². The van der Waals surface area contributed by atoms with E-state index in [0.29, 0.717) is 29.7 Å². The van der Waals surface area contributed by atoms with Crippen molar-refractivity contribution in [3.05, 3.63) is 35.2 Å². The van der Waals surface area contributed by atoms with Crippen molar-refractivity contribution >= 4 is 32.6 Å². The normalized spacial score (nSPS) is 11.3. The fourth-order valence-electron chi connectivity index (χ4n) is 2.56. The van der Waals surface area contributed by atoms with E-state index in [1.165, 1.54) is 11.3 Å². The second-order valence-corrected chi connectivity index (χ2v) is 7.33. The predicted octanol–water partition coefficient (Wildman–Crippen LogP) is 3.12. The smallest absolute Gasteiger partial charge is 0.298 e. The number of nitrogens with zero attached hydrogens (tertiary/aromatic N) is 4. The maximum absolute atomic E-state index is 13.0. The van der Waals surface area contributed by atoms with Crippen LogP contribution in [0.3, 0.4) is 0 Å². The summed E-state index contributed by atoms with van der Waals surface area (Å²) in [4.78, 5) is 21.4. The molecule has 0 aliphatic carbocycles. The average molecular weight is 374 g/mol. The highest BCUT2D eigenvalue weighted by Crippen LogP contribution is 2.36. The summed E-state index contributed by atoms with van der Waals surface area (Å²) in [5.74, 6) is 0.663. The van der Waals surface area contributed by atoms with E-state index < -0.39 is 0 Å². The SMILES string of the molecule is COc1ccc(C)c2sc(N(CCN(C)C)C(=O)c3cc(C)no3)nc12. The Bertz CT molecular complexity index is 932. The summed E-state index contributed by atoms with van der Waals surface area (Å²) in [6, 6.07) is 5.53. The van der Waals surface area contributed by atoms with E-state index in [4.69, 9.17) is 14.2 Å². The molecule has 26 heavy (non-hydrogen) atoms. The molecule has 7 nitrogen and oxygen atoms in total. The standard InChI is InChI=1S/C18H22N4O3S/c1-11-6-7-13(24-5)15-16(11)26-18(19-15)22(9-8-21(3)4)17(23)14-10-12(2)20-25-14/h6-7,10H,8-9H2,1-5H3. The number of hydrogen-bond acceptors (Lipinski definition) is 7. The first-order valence-electron chi connectivity index (χ1n) is 8.24. The number of hydrogen-bond donors (Lipinski definition) is 0. The minimum absolute atomic E-state index is 0.212. The van der Waals surface area contributed by atoms with Crippen LogP contribution >= 0.6 is 11.3 Å². The Labute approximate surface area is 156 Å². The van der Waals surface area contributed by atoms with Gasteiger partial charge >= 0.3 is 0 Å². The predicted molar refractivity (Wildman–Crippen MR) is 102 cm³/mol. The Hall–Kier alpha value is -2.45. The van der Waals surface area contributed by atoms with E-state index in [2.05, 4.69) is 5.16 Å². The molecule has 3 aromatic rings. The number of thiazole rings is 1. The molecule has 2 aromatic heterocycles. The molecular weight excluding hydrogens is 352 g/mol. The van der Waals surface area contributed by atoms with Gasteiger partial charge in [0.2, 0.25) is 5.76 Å². The quantitative estimate of drug-likeness (QED) is 0.660. The molecule has 0 N–H and O–H groups in total. The fraction of sp³-hybridized carbons (Fsp3) is 0.389. The Morgan fingerprint density at radius 1 is 1.27 bits per heavy atom. The highest BCUT2D eigenvalue weighted by atomic mass is 32.1. The molecule has 0 atom stereocenters. The molecule has 3 rings (SSSR count). The summed E-state index contributed by atoms with van der Waals surface area (Å²) in [7, 11) is 5.55. The number of methoxy groups -OCH3 is 1. The van der Waals surface area contributed by atoms with Gasteiger partial charge in [-0.2, -0.15) is 0 Å². The van der Waals surface area contributed by atoms with Gasteiger partial charge in [0.05, 0.1) is 17.5 Å². The number of benzene rings is 1. The number of anilines is 1. The maximum Gasteiger partial charge on any atom is 0.298 e. The third-order valence-corrected chi connectivity index (χ3v) is 5.21. The van der Waals surface area contributed by atoms with Crippen LogP contribution < -0.4 is 9.64 Å². The van der Waals surface area contributed by atoms with Gasteiger partial charge in [0.1, 0.15) is 11.3 Å². The monoisotopic (exact) mass is 374 g/mol. The lowest BCUT2D eigenvalue weighted by Gasteiger charge is -2.20. The molecule has 0 bridgehead atoms. The van der Waals surface area contributed by atoms with Crippen molar-refractivity contribution in [3.8, 4) is 5.75 Å². The van der Waals surface area contributed by atoms with Crippen LogP contribution in [0.4, 0.5) is 5.13 Å². The molecular formula is C18H22N4O3S. The Balaban J connectivity index is 2.05. The minimum Gasteiger partial charge on any atom is -0.494 e. The first-order valence-corrected chi connectivity index (χ1v) is 9.06. The molecule has 0 fully saturated rings. The van der Waals surface area contributed by atoms with Gasteiger partial charge in [-0.25, -0.2) is 4.98 Å². The number of likely N-dealkylation sites (N-methyl/N-ethyl adjacent to an activating group) is 1. The van der Waals surface area contributed by atoms with Gasteiger partial charge in [0.15, 0.2) is 5.13 Å². The van der Waals surface area contributed by atoms with Crippen molar-refractivity contribution in [2.75, 3.05) is 39.2 Å². The highest BCUT2D eigenvalue weighted by Gasteiger charge is 2.25. The van der Waals surface area contributed by atoms with Gasteiger partial charge in [0.25, 0.3) is 5.91 Å². The van der Waals surface area contributed by atoms with E-state index in [1.807, 2.05) is 38.1 Å². The van der Waals surface area contributed by atoms with E-state index in [-0.39, 0.29) is 11.7 Å². The number of aryl methyl sites for hydroxylation is 2. The van der Waals surface area contributed by atoms with Crippen LogP contribution in [-0.4, -0.2) is 55.2 Å². The number of carbonyl (C=O) groups is 1. The van der Waals surface area contributed by atoms with Crippen molar-refractivity contribution in [3.63, 3.8) is 0 Å². The summed E-state index contributed by atoms with van der Waals surface area (Å²) < 4.78 is 11.6. The Kier molecular flexibility index (Phi) is 5.24. The lowest BCUT2D eigenvalue weighted by Crippen LogP contribution is -2.36. The zero-order chi connectivity index (χ0) is 18.8. The molecule has 0 radical (unpaired) electrons. The van der Waals surface area contributed by atoms with Crippen molar-refractivity contribution in [2.45, 2.75) is 13.8 Å². The first-order chi connectivity index (χ1) is 12.4. The van der Waals surface area contributed by atoms with Crippen molar-refractivity contribution < 1.29 is 14.1 Å². The summed E-state index contributed by atoms with van der Waals surface area (Å²) in [6.45, 7) is 5.00. The number of ether oxygens (including phenoxy) is 1. The molecule has 0 aliphatic rings. The van der Waals surface area contributed by atoms with E-state index >= 15 is 0 Å². The molecule has 0 saturated carbocycles. The van der Waals surface area contributed by atoms with Crippen LogP contribution in [-0.2, 0) is 0 Å². The molecule has 1 aromatic carbocycles. The molecule has 0 spiro atoms. The second kappa shape index (κ2) is 7.43. The summed E-state index contributed by atoms with van der Waals surface area (Å²) in [5, 5.41) is 4.44. The van der Waals surface area contributed by atoms with Gasteiger partial charge in [-0.3, -0.25) is 9.69 Å². The van der Waals surface area contributed by atoms with Gasteiger partial charge < -0.3 is 14.2 Å². The average Bonchev–Trinajstić information content (AvgIpc) is 3.22. The van der Waals surface area contributed by atoms with Crippen LogP contribution in [0, 0.1) is 13.8 Å². The van der Waals surface area contributed by atoms with Gasteiger partial charge in [0, 0.05) is 19.2 Å². The lowest BCUT2D eigenvalue weighted by atomic mass is 10.2. The highest BCUT2D eigenvalue weighted by molar-refractivity contribution is 7.22. The molecule has 138 valence electrons. The maximum atomic E-state index is 13.0. The molecule has 2 heterocycles. The van der Waals surface area contributed by atoms with Crippen LogP contribution in [0.1, 0.15) is 21.8 Å². The molecule has 0 aliphatic heterocycles. The van der Waals surface area contributed by atoms with E-state index in [9.17, 15) is 4.79 Å². The largest absolute Gasteiger partial charge is 0.494 e. The first kappa shape index (κ1) is 18.3. The number of fused-ring (bicyclic) bond motifs is 1. The van der Waals surface area contributed by atoms with Gasteiger partial charge in [-0.1, -0.05) is 22.6 Å². The summed E-state index contributed by atoms with van der Waals surface area (Å²) in [5.41, 5.74) is 2.53. The van der Waals surface area contributed by atoms with Crippen LogP contribution in [0.25, 0.3) is 10.2 Å². The van der Waals surface area contributed by atoms with Gasteiger partial charge in [-0.15, -0.1) is 0 Å². The zero-order valence-electron chi connectivity index (χ0n) is 15.6. The molecule has 8 heteroatoms. The minimum atomic E-state index is -0.247. The van der Waals surface area contributed by atoms with Crippen LogP contribution in [0.15, 0.2) is 22.7 Å². The van der Waals surface area contributed by atoms with Crippen LogP contribution in [0.2, 0.25) is 0 Å². The van der Waals surface area contributed by atoms with Crippen LogP contribution in [0.5, 0.6) is 5.75 Å². The zero-order valence-corrected chi connectivity index (χ0v) is 16.4. The third kappa shape index (κ3) is 3.56. The van der Waals surface area contributed by atoms with Crippen molar-refractivity contribution in [2.24, 2.45) is 0 Å². The number of rotatable bonds is 6. The molecule has 1 amide bonds. The van der Waals surface area contributed by atoms with E-state index in [0.717, 1.165) is 15.8 Å². The van der Waals surface area contributed by atoms with Gasteiger partial charge in [-0.05, 0) is 39.6 Å². The molecule has 0 saturated heterocycles. The van der Waals surface area contributed by atoms with E-state index in [1.54, 1.807) is 25.0 Å². The number of aromatic nitrogens is 2. The topological polar surface area (TPSA) is 71.7 Å². The number of carbonyl (C=O) groups excluding carboxylic acids is 1. The molecule has 0 unspecified atom stereocenters. The third-order valence-electron chi connectivity index (χ3n) is 4.00. The Morgan fingerprint density at radius 3 is 2.65 bits per heavy atom. The number of amides is 1. The summed E-state index contributed by atoms with van der Waals surface area (Å²) >= 11 is 1.48. The van der Waals surface area contributed by atoms with Crippen molar-refractivity contribution in [1.29, 1.82) is 0 Å².